The molecule has 0 bridgehead atoms. The third-order valence-corrected chi connectivity index (χ3v) is 26.6. The van der Waals surface area contributed by atoms with Crippen LogP contribution in [0.3, 0.4) is 0 Å². The van der Waals surface area contributed by atoms with E-state index in [4.69, 9.17) is 13.3 Å². The summed E-state index contributed by atoms with van der Waals surface area (Å²) in [6, 6.07) is 170. The molecule has 3 aromatic heterocycles. The quantitative estimate of drug-likeness (QED) is 0.135. The van der Waals surface area contributed by atoms with E-state index in [-0.39, 0.29) is 0 Å². The second-order valence-electron chi connectivity index (χ2n) is 33.6. The van der Waals surface area contributed by atoms with E-state index in [1.165, 1.54) is 169 Å². The van der Waals surface area contributed by atoms with E-state index < -0.39 is 0 Å². The highest BCUT2D eigenvalue weighted by Crippen LogP contribution is 2.54. The molecule has 0 amide bonds. The van der Waals surface area contributed by atoms with E-state index in [1.807, 2.05) is 0 Å². The highest BCUT2D eigenvalue weighted by Gasteiger charge is 2.28. The highest BCUT2D eigenvalue weighted by molar-refractivity contribution is 6.32. The summed E-state index contributed by atoms with van der Waals surface area (Å²) in [6.45, 7) is 0. The first kappa shape index (κ1) is 74.6. The van der Waals surface area contributed by atoms with Gasteiger partial charge in [0.1, 0.15) is 33.5 Å². The Morgan fingerprint density at radius 2 is 0.388 bits per heavy atom. The van der Waals surface area contributed by atoms with Crippen LogP contribution in [0, 0.1) is 0 Å². The summed E-state index contributed by atoms with van der Waals surface area (Å²) in [5, 5.41) is 29.3. The summed E-state index contributed by atoms with van der Waals surface area (Å²) < 4.78 is 19.9. The summed E-state index contributed by atoms with van der Waals surface area (Å²) in [6.07, 6.45) is 0. The molecule has 27 rings (SSSR count). The average Bonchev–Trinajstić information content (AvgIpc) is 1.71. The minimum absolute atomic E-state index is 0.905. The van der Waals surface area contributed by atoms with Crippen molar-refractivity contribution in [2.75, 3.05) is 0 Å². The molecular formula is C126H78O3. The van der Waals surface area contributed by atoms with Gasteiger partial charge in [0.05, 0.1) is 0 Å². The molecule has 0 saturated carbocycles. The van der Waals surface area contributed by atoms with Gasteiger partial charge >= 0.3 is 0 Å². The number of hydrogen-bond donors (Lipinski definition) is 0. The molecule has 0 N–H and O–H groups in total. The second-order valence-corrected chi connectivity index (χ2v) is 33.6. The fourth-order valence-corrected chi connectivity index (χ4v) is 21.1. The Labute approximate surface area is 744 Å². The Hall–Kier alpha value is -17.0. The van der Waals surface area contributed by atoms with Crippen LogP contribution in [0.5, 0.6) is 0 Å². The summed E-state index contributed by atoms with van der Waals surface area (Å²) in [5.41, 5.74) is 27.2. The van der Waals surface area contributed by atoms with Crippen LogP contribution in [0.15, 0.2) is 486 Å². The molecule has 0 spiro atoms. The minimum atomic E-state index is 0.905. The van der Waals surface area contributed by atoms with Crippen molar-refractivity contribution >= 4 is 163 Å². The van der Waals surface area contributed by atoms with Crippen LogP contribution < -0.4 is 0 Å². The molecule has 3 nitrogen and oxygen atoms in total. The number of hydrogen-bond acceptors (Lipinski definition) is 3. The van der Waals surface area contributed by atoms with Crippen molar-refractivity contribution in [1.29, 1.82) is 0 Å². The van der Waals surface area contributed by atoms with Gasteiger partial charge in [-0.3, -0.25) is 0 Å². The normalized spacial score (nSPS) is 11.7. The second kappa shape index (κ2) is 31.1. The van der Waals surface area contributed by atoms with Crippen LogP contribution in [0.1, 0.15) is 0 Å². The molecule has 24 aromatic carbocycles. The number of para-hydroxylation sites is 3. The molecule has 0 saturated heterocycles. The van der Waals surface area contributed by atoms with Gasteiger partial charge in [-0.05, 0) is 222 Å². The summed E-state index contributed by atoms with van der Waals surface area (Å²) in [4.78, 5) is 0. The minimum Gasteiger partial charge on any atom is -0.456 e. The SMILES string of the molecule is c1ccc(-c2c3ccccc3c(-c3cc(-c4cccc5ccccc45)cc4oc5ccccc5c34)c3ccccc23)cc1.c1ccc(-c2ccc(-c3c4ccccc4c(-c4cccc5ccccc45)c4ccccc34)c3c2oc2ccccc23)cc1.c1ccc(-c2cccc3c2oc2cccc(-c4c5ccccc5c(-c5cccc6ccccc56)c5ccccc45)c23)cc1. The molecule has 3 heteroatoms. The third kappa shape index (κ3) is 12.3. The zero-order valence-electron chi connectivity index (χ0n) is 70.3. The molecule has 3 heterocycles. The first-order chi connectivity index (χ1) is 64.1. The standard InChI is InChI=1S/3C42H26O/c1-2-13-28(14-3-1)30-22-11-25-37-41-36(24-12-26-38(41)43-42(30)37)40-34-20-8-6-18-32(34)39(33-19-7-9-21-35(33)40)31-23-10-16-27-15-4-5-17-29(27)31;1-2-14-28(15-3-1)40-32-18-6-8-20-34(32)41(35-21-9-7-19-33(35)40)37-25-29(31-23-12-16-27-13-4-5-17-30(27)31)26-39-42(37)36-22-10-11-24-38(36)43-39;1-2-13-28(14-3-1)30-25-26-37(41-36-22-10-11-24-38(36)43-42(30)41)40-34-20-8-6-18-32(34)39(33-19-7-9-21-35(33)40)31-23-12-16-27-15-4-5-17-29(27)31/h3*1-26H. The van der Waals surface area contributed by atoms with E-state index in [0.29, 0.717) is 0 Å². The van der Waals surface area contributed by atoms with Gasteiger partial charge in [-0.25, -0.2) is 0 Å². The first-order valence-electron chi connectivity index (χ1n) is 44.3. The molecule has 0 aliphatic heterocycles. The van der Waals surface area contributed by atoms with Crippen LogP contribution in [0.4, 0.5) is 0 Å². The van der Waals surface area contributed by atoms with Gasteiger partial charge in [0, 0.05) is 43.4 Å². The Morgan fingerprint density at radius 3 is 0.853 bits per heavy atom. The number of fused-ring (bicyclic) bond motifs is 18. The van der Waals surface area contributed by atoms with E-state index >= 15 is 0 Å². The Bertz CT molecular complexity index is 9000. The van der Waals surface area contributed by atoms with Crippen molar-refractivity contribution in [2.24, 2.45) is 0 Å². The predicted octanol–water partition coefficient (Wildman–Crippen LogP) is 36.1. The van der Waals surface area contributed by atoms with Crippen LogP contribution in [0.2, 0.25) is 0 Å². The first-order valence-corrected chi connectivity index (χ1v) is 44.3. The number of rotatable bonds is 9. The van der Waals surface area contributed by atoms with Gasteiger partial charge in [0.2, 0.25) is 0 Å². The number of benzene rings is 24. The summed E-state index contributed by atoms with van der Waals surface area (Å²) in [5.74, 6) is 0. The average molecular weight is 1640 g/mol. The van der Waals surface area contributed by atoms with Gasteiger partial charge < -0.3 is 13.3 Å². The Kier molecular flexibility index (Phi) is 18.0. The molecule has 0 atom stereocenters. The summed E-state index contributed by atoms with van der Waals surface area (Å²) in [7, 11) is 0. The van der Waals surface area contributed by atoms with Gasteiger partial charge in [-0.1, -0.05) is 437 Å². The van der Waals surface area contributed by atoms with Crippen LogP contribution >= 0.6 is 0 Å². The third-order valence-electron chi connectivity index (χ3n) is 26.6. The van der Waals surface area contributed by atoms with E-state index in [0.717, 1.165) is 93.6 Å². The fourth-order valence-electron chi connectivity index (χ4n) is 21.1. The lowest BCUT2D eigenvalue weighted by molar-refractivity contribution is 0.669. The smallest absolute Gasteiger partial charge is 0.143 e. The lowest BCUT2D eigenvalue weighted by Gasteiger charge is -2.19. The monoisotopic (exact) mass is 1640 g/mol. The van der Waals surface area contributed by atoms with E-state index in [1.54, 1.807) is 0 Å². The lowest BCUT2D eigenvalue weighted by atomic mass is 9.83. The zero-order chi connectivity index (χ0) is 85.0. The fraction of sp³-hybridized carbons (Fsp3) is 0. The highest BCUT2D eigenvalue weighted by atomic mass is 16.3. The van der Waals surface area contributed by atoms with Crippen LogP contribution in [-0.2, 0) is 0 Å². The van der Waals surface area contributed by atoms with Crippen molar-refractivity contribution < 1.29 is 13.3 Å². The van der Waals surface area contributed by atoms with Crippen molar-refractivity contribution in [1.82, 2.24) is 0 Å². The zero-order valence-corrected chi connectivity index (χ0v) is 70.3. The molecule has 129 heavy (non-hydrogen) atoms. The van der Waals surface area contributed by atoms with Crippen molar-refractivity contribution in [2.45, 2.75) is 0 Å². The Morgan fingerprint density at radius 1 is 0.116 bits per heavy atom. The maximum Gasteiger partial charge on any atom is 0.143 e. The molecule has 0 radical (unpaired) electrons. The van der Waals surface area contributed by atoms with E-state index in [9.17, 15) is 0 Å². The maximum atomic E-state index is 6.67. The van der Waals surface area contributed by atoms with Gasteiger partial charge in [-0.15, -0.1) is 0 Å². The topological polar surface area (TPSA) is 39.4 Å². The molecule has 600 valence electrons. The molecular weight excluding hydrogens is 1560 g/mol. The molecule has 0 fully saturated rings. The van der Waals surface area contributed by atoms with Crippen molar-refractivity contribution in [3.8, 4) is 100 Å². The van der Waals surface area contributed by atoms with Gasteiger partial charge in [-0.2, -0.15) is 0 Å². The van der Waals surface area contributed by atoms with Gasteiger partial charge in [0.25, 0.3) is 0 Å². The van der Waals surface area contributed by atoms with E-state index in [2.05, 4.69) is 473 Å². The predicted molar refractivity (Wildman–Crippen MR) is 548 cm³/mol. The van der Waals surface area contributed by atoms with Crippen LogP contribution in [-0.4, -0.2) is 0 Å². The molecule has 0 aliphatic rings. The number of furan rings is 3. The lowest BCUT2D eigenvalue weighted by Crippen LogP contribution is -1.92. The molecule has 27 aromatic rings. The largest absolute Gasteiger partial charge is 0.456 e. The van der Waals surface area contributed by atoms with Crippen molar-refractivity contribution in [3.63, 3.8) is 0 Å². The van der Waals surface area contributed by atoms with Gasteiger partial charge in [0.15, 0.2) is 0 Å². The van der Waals surface area contributed by atoms with Crippen molar-refractivity contribution in [3.05, 3.63) is 473 Å². The maximum absolute atomic E-state index is 6.67. The summed E-state index contributed by atoms with van der Waals surface area (Å²) >= 11 is 0. The molecule has 0 aliphatic carbocycles. The Balaban J connectivity index is 0.000000105. The molecule has 0 unspecified atom stereocenters. The van der Waals surface area contributed by atoms with Crippen LogP contribution in [0.25, 0.3) is 263 Å².